The lowest BCUT2D eigenvalue weighted by molar-refractivity contribution is -0.870. The Hall–Kier alpha value is -0.500. The SMILES string of the molecule is CCCCCCCCCCCCCCCCCCCCCCCCCCCCCCCCCCCCC(=O)NC(COP(=O)(O)OCC[N+](C)(C)C)C(O)CCCCCCCCCCCCCCCCCC. The van der Waals surface area contributed by atoms with Gasteiger partial charge in [-0.25, -0.2) is 4.57 Å². The molecule has 8 nitrogen and oxygen atoms in total. The van der Waals surface area contributed by atoms with Crippen molar-refractivity contribution in [3.63, 3.8) is 0 Å². The Kier molecular flexibility index (Phi) is 54.9. The number of amides is 1. The maximum atomic E-state index is 13.0. The number of aliphatic hydroxyl groups is 1. The van der Waals surface area contributed by atoms with Gasteiger partial charge < -0.3 is 19.8 Å². The number of hydrogen-bond acceptors (Lipinski definition) is 5. The zero-order valence-electron chi connectivity index (χ0n) is 49.5. The Bertz CT molecular complexity index is 1140. The van der Waals surface area contributed by atoms with Crippen molar-refractivity contribution in [1.82, 2.24) is 5.32 Å². The maximum absolute atomic E-state index is 13.0. The van der Waals surface area contributed by atoms with E-state index in [-0.39, 0.29) is 19.1 Å². The third-order valence-corrected chi connectivity index (χ3v) is 16.3. The fraction of sp³-hybridized carbons (Fsp3) is 0.984. The van der Waals surface area contributed by atoms with E-state index in [4.69, 9.17) is 9.05 Å². The van der Waals surface area contributed by atoms with Gasteiger partial charge in [-0.2, -0.15) is 0 Å². The van der Waals surface area contributed by atoms with E-state index in [1.165, 1.54) is 283 Å². The van der Waals surface area contributed by atoms with Crippen LogP contribution >= 0.6 is 7.82 Å². The van der Waals surface area contributed by atoms with E-state index >= 15 is 0 Å². The first-order chi connectivity index (χ1) is 35.0. The Morgan fingerprint density at radius 2 is 0.667 bits per heavy atom. The number of nitrogens with one attached hydrogen (secondary N) is 1. The third kappa shape index (κ3) is 57.2. The summed E-state index contributed by atoms with van der Waals surface area (Å²) in [6.07, 6.45) is 67.7. The van der Waals surface area contributed by atoms with Crippen LogP contribution in [-0.2, 0) is 18.4 Å². The Morgan fingerprint density at radius 3 is 0.931 bits per heavy atom. The highest BCUT2D eigenvalue weighted by molar-refractivity contribution is 7.47. The molecule has 0 rings (SSSR count). The first kappa shape index (κ1) is 71.5. The Morgan fingerprint density at radius 1 is 0.417 bits per heavy atom. The van der Waals surface area contributed by atoms with Gasteiger partial charge in [-0.1, -0.05) is 328 Å². The average Bonchev–Trinajstić information content (AvgIpc) is 3.34. The quantitative estimate of drug-likeness (QED) is 0.0318. The van der Waals surface area contributed by atoms with Crippen molar-refractivity contribution in [1.29, 1.82) is 0 Å². The van der Waals surface area contributed by atoms with Gasteiger partial charge in [0.2, 0.25) is 5.91 Å². The third-order valence-electron chi connectivity index (χ3n) is 15.4. The molecule has 0 heterocycles. The lowest BCUT2D eigenvalue weighted by Crippen LogP contribution is -2.46. The molecule has 432 valence electrons. The van der Waals surface area contributed by atoms with Crippen LogP contribution < -0.4 is 5.32 Å². The smallest absolute Gasteiger partial charge is 0.391 e. The molecule has 1 amide bonds. The molecule has 0 aliphatic rings. The molecule has 0 radical (unpaired) electrons. The van der Waals surface area contributed by atoms with Gasteiger partial charge in [0.15, 0.2) is 0 Å². The lowest BCUT2D eigenvalue weighted by atomic mass is 10.0. The van der Waals surface area contributed by atoms with E-state index in [9.17, 15) is 19.4 Å². The number of hydrogen-bond donors (Lipinski definition) is 3. The second-order valence-electron chi connectivity index (χ2n) is 23.9. The number of nitrogens with zero attached hydrogens (tertiary/aromatic N) is 1. The van der Waals surface area contributed by atoms with Gasteiger partial charge in [-0.15, -0.1) is 0 Å². The number of likely N-dealkylation sites (N-methyl/N-ethyl adjacent to an activating group) is 1. The molecule has 0 aromatic carbocycles. The minimum atomic E-state index is -4.32. The summed E-state index contributed by atoms with van der Waals surface area (Å²) in [7, 11) is 1.64. The monoisotopic (exact) mass is 1040 g/mol. The standard InChI is InChI=1S/C63H129N2O6P/c1-6-8-10-12-14-16-18-20-22-24-25-26-27-28-29-30-31-32-33-34-35-36-37-38-39-40-41-43-45-47-49-51-53-55-57-63(67)64-61(60-71-72(68,69)70-59-58-65(3,4)5)62(66)56-54-52-50-48-46-44-42-23-21-19-17-15-13-11-9-7-2/h61-62,66H,6-60H2,1-5H3,(H-,64,67,68,69)/p+1. The number of carbonyl (C=O) groups is 1. The predicted molar refractivity (Wildman–Crippen MR) is 314 cm³/mol. The number of phosphoric acid groups is 1. The number of carbonyl (C=O) groups excluding carboxylic acids is 1. The fourth-order valence-electron chi connectivity index (χ4n) is 10.3. The van der Waals surface area contributed by atoms with E-state index in [0.29, 0.717) is 23.9 Å². The van der Waals surface area contributed by atoms with Crippen molar-refractivity contribution >= 4 is 13.7 Å². The topological polar surface area (TPSA) is 105 Å². The van der Waals surface area contributed by atoms with Gasteiger partial charge in [0.25, 0.3) is 0 Å². The molecule has 0 aliphatic carbocycles. The van der Waals surface area contributed by atoms with Crippen molar-refractivity contribution in [2.75, 3.05) is 40.9 Å². The van der Waals surface area contributed by atoms with Crippen LogP contribution in [0.3, 0.4) is 0 Å². The van der Waals surface area contributed by atoms with E-state index in [1.54, 1.807) is 0 Å². The van der Waals surface area contributed by atoms with Crippen LogP contribution in [0.4, 0.5) is 0 Å². The fourth-order valence-corrected chi connectivity index (χ4v) is 11.0. The molecule has 0 aromatic rings. The number of aliphatic hydroxyl groups excluding tert-OH is 1. The van der Waals surface area contributed by atoms with Crippen LogP contribution in [0.5, 0.6) is 0 Å². The Balaban J connectivity index is 3.91. The van der Waals surface area contributed by atoms with Crippen LogP contribution in [0.2, 0.25) is 0 Å². The summed E-state index contributed by atoms with van der Waals surface area (Å²) >= 11 is 0. The van der Waals surface area contributed by atoms with E-state index in [0.717, 1.165) is 38.5 Å². The summed E-state index contributed by atoms with van der Waals surface area (Å²) in [6.45, 7) is 4.95. The summed E-state index contributed by atoms with van der Waals surface area (Å²) in [6, 6.07) is -0.755. The van der Waals surface area contributed by atoms with Gasteiger partial charge in [0, 0.05) is 6.42 Å². The normalized spacial score (nSPS) is 13.7. The summed E-state index contributed by atoms with van der Waals surface area (Å²) in [5.74, 6) is -0.135. The van der Waals surface area contributed by atoms with Gasteiger partial charge in [-0.3, -0.25) is 13.8 Å². The van der Waals surface area contributed by atoms with Crippen LogP contribution in [0.15, 0.2) is 0 Å². The van der Waals surface area contributed by atoms with Gasteiger partial charge in [-0.05, 0) is 12.8 Å². The molecule has 0 spiro atoms. The van der Waals surface area contributed by atoms with Crippen molar-refractivity contribution in [3.05, 3.63) is 0 Å². The summed E-state index contributed by atoms with van der Waals surface area (Å²) in [5, 5.41) is 14.1. The largest absolute Gasteiger partial charge is 0.472 e. The van der Waals surface area contributed by atoms with E-state index < -0.39 is 20.0 Å². The number of quaternary nitrogens is 1. The molecular formula is C63H130N2O6P+. The Labute approximate surface area is 450 Å². The molecule has 3 N–H and O–H groups in total. The zero-order valence-corrected chi connectivity index (χ0v) is 50.4. The van der Waals surface area contributed by atoms with Crippen LogP contribution in [0, 0.1) is 0 Å². The highest BCUT2D eigenvalue weighted by Crippen LogP contribution is 2.43. The molecule has 72 heavy (non-hydrogen) atoms. The summed E-state index contributed by atoms with van der Waals surface area (Å²) < 4.78 is 23.8. The van der Waals surface area contributed by atoms with Crippen molar-refractivity contribution in [3.8, 4) is 0 Å². The molecule has 0 aromatic heterocycles. The number of rotatable bonds is 61. The average molecular weight is 1040 g/mol. The predicted octanol–water partition coefficient (Wildman–Crippen LogP) is 20.0. The molecule has 9 heteroatoms. The zero-order chi connectivity index (χ0) is 52.7. The number of phosphoric ester groups is 1. The molecule has 0 saturated carbocycles. The van der Waals surface area contributed by atoms with Gasteiger partial charge >= 0.3 is 7.82 Å². The van der Waals surface area contributed by atoms with Crippen LogP contribution in [0.25, 0.3) is 0 Å². The molecule has 3 atom stereocenters. The molecular weight excluding hydrogens is 912 g/mol. The van der Waals surface area contributed by atoms with Gasteiger partial charge in [0.1, 0.15) is 13.2 Å². The molecule has 3 unspecified atom stereocenters. The minimum Gasteiger partial charge on any atom is -0.391 e. The summed E-state index contributed by atoms with van der Waals surface area (Å²) in [5.41, 5.74) is 0. The van der Waals surface area contributed by atoms with Crippen molar-refractivity contribution < 1.29 is 32.9 Å². The summed E-state index contributed by atoms with van der Waals surface area (Å²) in [4.78, 5) is 23.4. The van der Waals surface area contributed by atoms with Crippen molar-refractivity contribution in [2.45, 2.75) is 360 Å². The minimum absolute atomic E-state index is 0.0792. The first-order valence-corrected chi connectivity index (χ1v) is 33.9. The van der Waals surface area contributed by atoms with Crippen molar-refractivity contribution in [2.24, 2.45) is 0 Å². The maximum Gasteiger partial charge on any atom is 0.472 e. The van der Waals surface area contributed by atoms with Crippen LogP contribution in [-0.4, -0.2) is 73.4 Å². The molecule has 0 saturated heterocycles. The molecule has 0 aliphatic heterocycles. The second kappa shape index (κ2) is 55.3. The molecule has 0 bridgehead atoms. The highest BCUT2D eigenvalue weighted by Gasteiger charge is 2.28. The number of unbranched alkanes of at least 4 members (excludes halogenated alkanes) is 48. The molecule has 0 fully saturated rings. The van der Waals surface area contributed by atoms with E-state index in [1.807, 2.05) is 21.1 Å². The van der Waals surface area contributed by atoms with E-state index in [2.05, 4.69) is 19.2 Å². The lowest BCUT2D eigenvalue weighted by Gasteiger charge is -2.26. The first-order valence-electron chi connectivity index (χ1n) is 32.4. The second-order valence-corrected chi connectivity index (χ2v) is 25.3. The highest BCUT2D eigenvalue weighted by atomic mass is 31.2. The van der Waals surface area contributed by atoms with Gasteiger partial charge in [0.05, 0.1) is 39.9 Å². The van der Waals surface area contributed by atoms with Crippen LogP contribution in [0.1, 0.15) is 348 Å².